The van der Waals surface area contributed by atoms with E-state index >= 15 is 0 Å². The van der Waals surface area contributed by atoms with E-state index in [-0.39, 0.29) is 0 Å². The second-order valence-electron chi connectivity index (χ2n) is 4.42. The molecule has 1 atom stereocenters. The van der Waals surface area contributed by atoms with Gasteiger partial charge in [0.25, 0.3) is 0 Å². The number of rotatable bonds is 4. The molecular formula is C11H19N3. The van der Waals surface area contributed by atoms with Crippen LogP contribution in [0.5, 0.6) is 0 Å². The Bertz CT molecular complexity index is 293. The average Bonchev–Trinajstić information content (AvgIpc) is 2.93. The van der Waals surface area contributed by atoms with Gasteiger partial charge in [0.15, 0.2) is 0 Å². The van der Waals surface area contributed by atoms with Gasteiger partial charge in [0.2, 0.25) is 0 Å². The van der Waals surface area contributed by atoms with Crippen LogP contribution < -0.4 is 5.32 Å². The molecule has 1 aromatic rings. The van der Waals surface area contributed by atoms with Gasteiger partial charge in [0, 0.05) is 23.8 Å². The molecule has 2 N–H and O–H groups in total. The second-order valence-corrected chi connectivity index (χ2v) is 4.42. The minimum absolute atomic E-state index is 0.656. The van der Waals surface area contributed by atoms with E-state index in [0.717, 1.165) is 18.2 Å². The third kappa shape index (κ3) is 1.98. The summed E-state index contributed by atoms with van der Waals surface area (Å²) in [4.78, 5) is 0. The third-order valence-corrected chi connectivity index (χ3v) is 3.21. The van der Waals surface area contributed by atoms with E-state index < -0.39 is 0 Å². The Hall–Kier alpha value is -0.830. The molecular weight excluding hydrogens is 174 g/mol. The first-order valence-corrected chi connectivity index (χ1v) is 5.42. The molecule has 0 spiro atoms. The normalized spacial score (nSPS) is 18.5. The lowest BCUT2D eigenvalue weighted by atomic mass is 10.1. The maximum atomic E-state index is 4.19. The molecule has 2 rings (SSSR count). The fraction of sp³-hybridized carbons (Fsp3) is 0.727. The Labute approximate surface area is 85.3 Å². The lowest BCUT2D eigenvalue weighted by Crippen LogP contribution is -2.27. The molecule has 3 heteroatoms. The first kappa shape index (κ1) is 9.71. The van der Waals surface area contributed by atoms with Crippen molar-refractivity contribution >= 4 is 0 Å². The predicted octanol–water partition coefficient (Wildman–Crippen LogP) is 1.91. The molecule has 14 heavy (non-hydrogen) atoms. The second kappa shape index (κ2) is 3.73. The SMILES string of the molecule is Cc1n[nH]c(C)c1CNC(C)C1CC1. The van der Waals surface area contributed by atoms with E-state index in [2.05, 4.69) is 36.3 Å². The smallest absolute Gasteiger partial charge is 0.0638 e. The summed E-state index contributed by atoms with van der Waals surface area (Å²) in [6.45, 7) is 7.37. The van der Waals surface area contributed by atoms with Crippen LogP contribution in [-0.2, 0) is 6.54 Å². The highest BCUT2D eigenvalue weighted by Crippen LogP contribution is 2.32. The number of hydrogen-bond acceptors (Lipinski definition) is 2. The van der Waals surface area contributed by atoms with Crippen molar-refractivity contribution in [3.63, 3.8) is 0 Å². The summed E-state index contributed by atoms with van der Waals surface area (Å²) >= 11 is 0. The Morgan fingerprint density at radius 3 is 2.71 bits per heavy atom. The molecule has 1 aromatic heterocycles. The van der Waals surface area contributed by atoms with E-state index in [1.54, 1.807) is 0 Å². The molecule has 78 valence electrons. The Morgan fingerprint density at radius 2 is 2.21 bits per heavy atom. The highest BCUT2D eigenvalue weighted by atomic mass is 15.1. The van der Waals surface area contributed by atoms with E-state index in [0.29, 0.717) is 6.04 Å². The van der Waals surface area contributed by atoms with Crippen molar-refractivity contribution in [2.24, 2.45) is 5.92 Å². The van der Waals surface area contributed by atoms with Gasteiger partial charge in [-0.1, -0.05) is 0 Å². The molecule has 1 aliphatic carbocycles. The van der Waals surface area contributed by atoms with Crippen LogP contribution in [0.3, 0.4) is 0 Å². The van der Waals surface area contributed by atoms with Crippen LogP contribution in [0.4, 0.5) is 0 Å². The van der Waals surface area contributed by atoms with Crippen molar-refractivity contribution in [3.8, 4) is 0 Å². The zero-order valence-corrected chi connectivity index (χ0v) is 9.22. The summed E-state index contributed by atoms with van der Waals surface area (Å²) in [5.74, 6) is 0.919. The van der Waals surface area contributed by atoms with Crippen LogP contribution in [-0.4, -0.2) is 16.2 Å². The van der Waals surface area contributed by atoms with Gasteiger partial charge < -0.3 is 5.32 Å². The minimum atomic E-state index is 0.656. The summed E-state index contributed by atoms with van der Waals surface area (Å²) in [5, 5.41) is 10.8. The summed E-state index contributed by atoms with van der Waals surface area (Å²) in [6, 6.07) is 0.656. The number of H-pyrrole nitrogens is 1. The molecule has 1 unspecified atom stereocenters. The van der Waals surface area contributed by atoms with E-state index in [9.17, 15) is 0 Å². The van der Waals surface area contributed by atoms with Gasteiger partial charge >= 0.3 is 0 Å². The molecule has 1 fully saturated rings. The number of nitrogens with one attached hydrogen (secondary N) is 2. The van der Waals surface area contributed by atoms with Crippen LogP contribution in [0.25, 0.3) is 0 Å². The van der Waals surface area contributed by atoms with Crippen LogP contribution in [0.15, 0.2) is 0 Å². The first-order chi connectivity index (χ1) is 6.68. The third-order valence-electron chi connectivity index (χ3n) is 3.21. The largest absolute Gasteiger partial charge is 0.310 e. The molecule has 0 bridgehead atoms. The topological polar surface area (TPSA) is 40.7 Å². The summed E-state index contributed by atoms with van der Waals surface area (Å²) < 4.78 is 0. The van der Waals surface area contributed by atoms with Gasteiger partial charge in [-0.15, -0.1) is 0 Å². The fourth-order valence-electron chi connectivity index (χ4n) is 1.86. The van der Waals surface area contributed by atoms with Crippen molar-refractivity contribution < 1.29 is 0 Å². The van der Waals surface area contributed by atoms with Crippen molar-refractivity contribution in [1.82, 2.24) is 15.5 Å². The highest BCUT2D eigenvalue weighted by Gasteiger charge is 2.27. The molecule has 0 aromatic carbocycles. The quantitative estimate of drug-likeness (QED) is 0.767. The van der Waals surface area contributed by atoms with E-state index in [1.807, 2.05) is 0 Å². The Balaban J connectivity index is 1.90. The minimum Gasteiger partial charge on any atom is -0.310 e. The zero-order chi connectivity index (χ0) is 10.1. The molecule has 1 heterocycles. The zero-order valence-electron chi connectivity index (χ0n) is 9.22. The molecule has 0 radical (unpaired) electrons. The number of nitrogens with zero attached hydrogens (tertiary/aromatic N) is 1. The summed E-state index contributed by atoms with van der Waals surface area (Å²) in [7, 11) is 0. The van der Waals surface area contributed by atoms with Gasteiger partial charge in [0.05, 0.1) is 5.69 Å². The fourth-order valence-corrected chi connectivity index (χ4v) is 1.86. The molecule has 0 saturated heterocycles. The summed E-state index contributed by atoms with van der Waals surface area (Å²) in [5.41, 5.74) is 3.65. The lowest BCUT2D eigenvalue weighted by molar-refractivity contribution is 0.495. The van der Waals surface area contributed by atoms with E-state index in [4.69, 9.17) is 0 Å². The number of aromatic nitrogens is 2. The molecule has 0 amide bonds. The molecule has 1 aliphatic rings. The van der Waals surface area contributed by atoms with Gasteiger partial charge in [-0.05, 0) is 39.5 Å². The maximum Gasteiger partial charge on any atom is 0.0638 e. The molecule has 1 saturated carbocycles. The average molecular weight is 193 g/mol. The Kier molecular flexibility index (Phi) is 2.59. The molecule has 3 nitrogen and oxygen atoms in total. The van der Waals surface area contributed by atoms with Crippen molar-refractivity contribution in [2.45, 2.75) is 46.2 Å². The van der Waals surface area contributed by atoms with Gasteiger partial charge in [-0.25, -0.2) is 0 Å². The standard InChI is InChI=1S/C11H19N3/c1-7(10-4-5-10)12-6-11-8(2)13-14-9(11)3/h7,10,12H,4-6H2,1-3H3,(H,13,14). The maximum absolute atomic E-state index is 4.19. The highest BCUT2D eigenvalue weighted by molar-refractivity contribution is 5.22. The van der Waals surface area contributed by atoms with Gasteiger partial charge in [-0.3, -0.25) is 5.10 Å². The van der Waals surface area contributed by atoms with Crippen molar-refractivity contribution in [3.05, 3.63) is 17.0 Å². The number of aromatic amines is 1. The van der Waals surface area contributed by atoms with Crippen LogP contribution in [0, 0.1) is 19.8 Å². The monoisotopic (exact) mass is 193 g/mol. The van der Waals surface area contributed by atoms with Crippen molar-refractivity contribution in [1.29, 1.82) is 0 Å². The Morgan fingerprint density at radius 1 is 1.50 bits per heavy atom. The van der Waals surface area contributed by atoms with Crippen LogP contribution in [0.2, 0.25) is 0 Å². The lowest BCUT2D eigenvalue weighted by Gasteiger charge is -2.12. The van der Waals surface area contributed by atoms with Gasteiger partial charge in [0.1, 0.15) is 0 Å². The van der Waals surface area contributed by atoms with Crippen LogP contribution in [0.1, 0.15) is 36.7 Å². The van der Waals surface area contributed by atoms with Crippen molar-refractivity contribution in [2.75, 3.05) is 0 Å². The van der Waals surface area contributed by atoms with Gasteiger partial charge in [-0.2, -0.15) is 5.10 Å². The number of aryl methyl sites for hydroxylation is 2. The molecule has 0 aliphatic heterocycles. The van der Waals surface area contributed by atoms with E-state index in [1.165, 1.54) is 24.1 Å². The van der Waals surface area contributed by atoms with Crippen LogP contribution >= 0.6 is 0 Å². The first-order valence-electron chi connectivity index (χ1n) is 5.42. The number of hydrogen-bond donors (Lipinski definition) is 2. The summed E-state index contributed by atoms with van der Waals surface area (Å²) in [6.07, 6.45) is 2.80. The predicted molar refractivity (Wildman–Crippen MR) is 57.1 cm³/mol.